The third-order valence-electron chi connectivity index (χ3n) is 3.34. The SMILES string of the molecule is CCCOc1nc(NC)nc(NCC2CCC(O)C2)n1. The minimum absolute atomic E-state index is 0.156. The van der Waals surface area contributed by atoms with Crippen LogP contribution >= 0.6 is 0 Å². The number of ether oxygens (including phenoxy) is 1. The summed E-state index contributed by atoms with van der Waals surface area (Å²) in [5.74, 6) is 1.47. The van der Waals surface area contributed by atoms with Gasteiger partial charge in [0.2, 0.25) is 11.9 Å². The van der Waals surface area contributed by atoms with Crippen LogP contribution in [0.15, 0.2) is 0 Å². The molecule has 1 aliphatic carbocycles. The van der Waals surface area contributed by atoms with E-state index in [-0.39, 0.29) is 6.10 Å². The molecule has 1 saturated carbocycles. The van der Waals surface area contributed by atoms with Gasteiger partial charge in [-0.1, -0.05) is 6.92 Å². The van der Waals surface area contributed by atoms with Crippen molar-refractivity contribution in [3.8, 4) is 6.01 Å². The molecule has 0 aliphatic heterocycles. The predicted octanol–water partition coefficient (Wildman–Crippen LogP) is 1.27. The molecule has 0 aromatic carbocycles. The second kappa shape index (κ2) is 7.23. The standard InChI is InChI=1S/C13H23N5O2/c1-3-6-20-13-17-11(14-2)16-12(18-13)15-8-9-4-5-10(19)7-9/h9-10,19H,3-8H2,1-2H3,(H2,14,15,16,17,18). The zero-order chi connectivity index (χ0) is 14.4. The van der Waals surface area contributed by atoms with Crippen molar-refractivity contribution in [1.82, 2.24) is 15.0 Å². The molecular formula is C13H23N5O2. The molecule has 2 unspecified atom stereocenters. The van der Waals surface area contributed by atoms with Gasteiger partial charge in [-0.3, -0.25) is 0 Å². The van der Waals surface area contributed by atoms with Gasteiger partial charge in [0.1, 0.15) is 0 Å². The number of nitrogens with zero attached hydrogens (tertiary/aromatic N) is 3. The van der Waals surface area contributed by atoms with E-state index in [1.807, 2.05) is 6.92 Å². The van der Waals surface area contributed by atoms with Gasteiger partial charge in [-0.15, -0.1) is 0 Å². The van der Waals surface area contributed by atoms with Crippen molar-refractivity contribution in [1.29, 1.82) is 0 Å². The van der Waals surface area contributed by atoms with Crippen molar-refractivity contribution in [3.63, 3.8) is 0 Å². The summed E-state index contributed by atoms with van der Waals surface area (Å²) in [6, 6.07) is 0.333. The van der Waals surface area contributed by atoms with Crippen molar-refractivity contribution in [2.45, 2.75) is 38.7 Å². The van der Waals surface area contributed by atoms with E-state index in [0.29, 0.717) is 30.4 Å². The Morgan fingerprint density at radius 1 is 1.25 bits per heavy atom. The molecule has 0 saturated heterocycles. The fourth-order valence-corrected chi connectivity index (χ4v) is 2.27. The molecule has 2 rings (SSSR count). The van der Waals surface area contributed by atoms with Crippen molar-refractivity contribution in [2.24, 2.45) is 5.92 Å². The van der Waals surface area contributed by atoms with E-state index in [2.05, 4.69) is 25.6 Å². The van der Waals surface area contributed by atoms with Gasteiger partial charge >= 0.3 is 6.01 Å². The summed E-state index contributed by atoms with van der Waals surface area (Å²) in [4.78, 5) is 12.6. The number of nitrogens with one attached hydrogen (secondary N) is 2. The summed E-state index contributed by atoms with van der Waals surface area (Å²) in [7, 11) is 1.76. The highest BCUT2D eigenvalue weighted by Crippen LogP contribution is 2.25. The number of aliphatic hydroxyl groups excluding tert-OH is 1. The van der Waals surface area contributed by atoms with Crippen molar-refractivity contribution in [3.05, 3.63) is 0 Å². The highest BCUT2D eigenvalue weighted by molar-refractivity contribution is 5.35. The normalized spacial score (nSPS) is 21.8. The van der Waals surface area contributed by atoms with Crippen LogP contribution in [0.5, 0.6) is 6.01 Å². The van der Waals surface area contributed by atoms with Crippen LogP contribution in [0.4, 0.5) is 11.9 Å². The number of aromatic nitrogens is 3. The predicted molar refractivity (Wildman–Crippen MR) is 77.0 cm³/mol. The number of hydrogen-bond donors (Lipinski definition) is 3. The first kappa shape index (κ1) is 14.8. The maximum atomic E-state index is 9.52. The number of aliphatic hydroxyl groups is 1. The molecule has 20 heavy (non-hydrogen) atoms. The molecule has 7 heteroatoms. The first-order valence-electron chi connectivity index (χ1n) is 7.19. The Hall–Kier alpha value is -1.63. The zero-order valence-corrected chi connectivity index (χ0v) is 12.1. The van der Waals surface area contributed by atoms with Gasteiger partial charge in [0.15, 0.2) is 0 Å². The minimum Gasteiger partial charge on any atom is -0.463 e. The van der Waals surface area contributed by atoms with E-state index < -0.39 is 0 Å². The highest BCUT2D eigenvalue weighted by Gasteiger charge is 2.22. The molecule has 1 aromatic rings. The van der Waals surface area contributed by atoms with Crippen LogP contribution in [0.3, 0.4) is 0 Å². The molecule has 1 aromatic heterocycles. The second-order valence-corrected chi connectivity index (χ2v) is 5.08. The van der Waals surface area contributed by atoms with Crippen LogP contribution in [0, 0.1) is 5.92 Å². The van der Waals surface area contributed by atoms with Crippen molar-refractivity contribution < 1.29 is 9.84 Å². The first-order chi connectivity index (χ1) is 9.71. The fourth-order valence-electron chi connectivity index (χ4n) is 2.27. The van der Waals surface area contributed by atoms with Crippen LogP contribution in [0.25, 0.3) is 0 Å². The molecular weight excluding hydrogens is 258 g/mol. The fraction of sp³-hybridized carbons (Fsp3) is 0.769. The summed E-state index contributed by atoms with van der Waals surface area (Å²) in [6.07, 6.45) is 3.52. The van der Waals surface area contributed by atoms with E-state index >= 15 is 0 Å². The quantitative estimate of drug-likeness (QED) is 0.693. The molecule has 0 spiro atoms. The minimum atomic E-state index is -0.156. The molecule has 0 amide bonds. The van der Waals surface area contributed by atoms with Gasteiger partial charge in [0, 0.05) is 13.6 Å². The lowest BCUT2D eigenvalue weighted by Crippen LogP contribution is -2.16. The molecule has 1 fully saturated rings. The first-order valence-corrected chi connectivity index (χ1v) is 7.19. The summed E-state index contributed by atoms with van der Waals surface area (Å²) < 4.78 is 5.44. The molecule has 7 nitrogen and oxygen atoms in total. The zero-order valence-electron chi connectivity index (χ0n) is 12.1. The average molecular weight is 281 g/mol. The van der Waals surface area contributed by atoms with E-state index in [1.54, 1.807) is 7.05 Å². The van der Waals surface area contributed by atoms with Crippen LogP contribution in [-0.2, 0) is 0 Å². The molecule has 0 radical (unpaired) electrons. The Morgan fingerprint density at radius 3 is 2.70 bits per heavy atom. The van der Waals surface area contributed by atoms with Gasteiger partial charge in [0.05, 0.1) is 12.7 Å². The van der Waals surface area contributed by atoms with Gasteiger partial charge in [-0.05, 0) is 31.6 Å². The maximum absolute atomic E-state index is 9.52. The number of rotatable bonds is 7. The molecule has 2 atom stereocenters. The highest BCUT2D eigenvalue weighted by atomic mass is 16.5. The third kappa shape index (κ3) is 4.19. The molecule has 1 heterocycles. The van der Waals surface area contributed by atoms with Crippen LogP contribution in [-0.4, -0.2) is 46.4 Å². The van der Waals surface area contributed by atoms with Crippen LogP contribution in [0.1, 0.15) is 32.6 Å². The van der Waals surface area contributed by atoms with E-state index in [0.717, 1.165) is 32.2 Å². The monoisotopic (exact) mass is 281 g/mol. The van der Waals surface area contributed by atoms with E-state index in [4.69, 9.17) is 4.74 Å². The van der Waals surface area contributed by atoms with E-state index in [9.17, 15) is 5.11 Å². The topological polar surface area (TPSA) is 92.2 Å². The Labute approximate surface area is 119 Å². The summed E-state index contributed by atoms with van der Waals surface area (Å²) >= 11 is 0. The third-order valence-corrected chi connectivity index (χ3v) is 3.34. The Morgan fingerprint density at radius 2 is 2.05 bits per heavy atom. The molecule has 112 valence electrons. The maximum Gasteiger partial charge on any atom is 0.323 e. The lowest BCUT2D eigenvalue weighted by molar-refractivity contribution is 0.178. The van der Waals surface area contributed by atoms with Gasteiger partial charge in [0.25, 0.3) is 0 Å². The van der Waals surface area contributed by atoms with Gasteiger partial charge in [-0.25, -0.2) is 0 Å². The van der Waals surface area contributed by atoms with Crippen molar-refractivity contribution >= 4 is 11.9 Å². The average Bonchev–Trinajstić information content (AvgIpc) is 2.88. The summed E-state index contributed by atoms with van der Waals surface area (Å²) in [5, 5.41) is 15.6. The Bertz CT molecular complexity index is 429. The molecule has 0 bridgehead atoms. The Kier molecular flexibility index (Phi) is 5.34. The van der Waals surface area contributed by atoms with E-state index in [1.165, 1.54) is 0 Å². The van der Waals surface area contributed by atoms with Gasteiger partial charge in [-0.2, -0.15) is 15.0 Å². The number of hydrogen-bond acceptors (Lipinski definition) is 7. The van der Waals surface area contributed by atoms with Crippen molar-refractivity contribution in [2.75, 3.05) is 30.8 Å². The summed E-state index contributed by atoms with van der Waals surface area (Å²) in [6.45, 7) is 3.38. The Balaban J connectivity index is 1.95. The number of anilines is 2. The molecule has 3 N–H and O–H groups in total. The molecule has 1 aliphatic rings. The van der Waals surface area contributed by atoms with Gasteiger partial charge < -0.3 is 20.5 Å². The smallest absolute Gasteiger partial charge is 0.323 e. The lowest BCUT2D eigenvalue weighted by Gasteiger charge is -2.12. The van der Waals surface area contributed by atoms with Crippen LogP contribution < -0.4 is 15.4 Å². The summed E-state index contributed by atoms with van der Waals surface area (Å²) in [5.41, 5.74) is 0. The largest absolute Gasteiger partial charge is 0.463 e. The second-order valence-electron chi connectivity index (χ2n) is 5.08. The van der Waals surface area contributed by atoms with Crippen LogP contribution in [0.2, 0.25) is 0 Å². The lowest BCUT2D eigenvalue weighted by atomic mass is 10.1.